The molecule has 1 amide bonds. The first-order valence-corrected chi connectivity index (χ1v) is 6.93. The second-order valence-electron chi connectivity index (χ2n) is 4.40. The highest BCUT2D eigenvalue weighted by molar-refractivity contribution is 9.10. The molecular weight excluding hydrogens is 320 g/mol. The van der Waals surface area contributed by atoms with Crippen LogP contribution < -0.4 is 11.1 Å². The van der Waals surface area contributed by atoms with Gasteiger partial charge in [0, 0.05) is 22.3 Å². The summed E-state index contributed by atoms with van der Waals surface area (Å²) < 4.78 is 0.837. The number of amides is 1. The van der Waals surface area contributed by atoms with Crippen molar-refractivity contribution in [3.63, 3.8) is 0 Å². The van der Waals surface area contributed by atoms with Crippen LogP contribution >= 0.6 is 15.9 Å². The number of carbonyl (C=O) groups excluding carboxylic acids is 1. The van der Waals surface area contributed by atoms with E-state index in [9.17, 15) is 9.90 Å². The van der Waals surface area contributed by atoms with Crippen LogP contribution in [0.1, 0.15) is 22.0 Å². The lowest BCUT2D eigenvalue weighted by atomic mass is 10.1. The van der Waals surface area contributed by atoms with Crippen LogP contribution in [0.3, 0.4) is 0 Å². The second kappa shape index (κ2) is 6.54. The molecule has 2 aromatic carbocycles. The molecular formula is C15H15BrN2O2. The molecule has 0 aliphatic rings. The van der Waals surface area contributed by atoms with Gasteiger partial charge in [-0.05, 0) is 35.9 Å². The van der Waals surface area contributed by atoms with E-state index in [1.165, 1.54) is 0 Å². The lowest BCUT2D eigenvalue weighted by Gasteiger charge is -2.12. The van der Waals surface area contributed by atoms with Gasteiger partial charge in [-0.15, -0.1) is 0 Å². The molecule has 0 radical (unpaired) electrons. The molecule has 1 atom stereocenters. The molecule has 20 heavy (non-hydrogen) atoms. The molecule has 0 aliphatic carbocycles. The van der Waals surface area contributed by atoms with Crippen molar-refractivity contribution in [3.05, 3.63) is 64.1 Å². The smallest absolute Gasteiger partial charge is 0.251 e. The van der Waals surface area contributed by atoms with E-state index >= 15 is 0 Å². The average molecular weight is 335 g/mol. The minimum atomic E-state index is -0.758. The number of rotatable bonds is 4. The number of benzene rings is 2. The largest absolute Gasteiger partial charge is 0.399 e. The average Bonchev–Trinajstić information content (AvgIpc) is 2.45. The molecule has 0 bridgehead atoms. The van der Waals surface area contributed by atoms with Crippen LogP contribution in [0.2, 0.25) is 0 Å². The number of nitrogen functional groups attached to an aromatic ring is 1. The highest BCUT2D eigenvalue weighted by Gasteiger charge is 2.10. The van der Waals surface area contributed by atoms with Crippen molar-refractivity contribution in [2.75, 3.05) is 12.3 Å². The zero-order valence-electron chi connectivity index (χ0n) is 10.7. The van der Waals surface area contributed by atoms with Gasteiger partial charge >= 0.3 is 0 Å². The van der Waals surface area contributed by atoms with Crippen molar-refractivity contribution >= 4 is 27.5 Å². The van der Waals surface area contributed by atoms with Crippen molar-refractivity contribution in [1.82, 2.24) is 5.32 Å². The fourth-order valence-electron chi connectivity index (χ4n) is 1.76. The molecule has 5 heteroatoms. The van der Waals surface area contributed by atoms with Gasteiger partial charge in [0.25, 0.3) is 5.91 Å². The summed E-state index contributed by atoms with van der Waals surface area (Å²) in [6.45, 7) is 0.148. The predicted molar refractivity (Wildman–Crippen MR) is 82.3 cm³/mol. The van der Waals surface area contributed by atoms with E-state index in [0.29, 0.717) is 16.8 Å². The summed E-state index contributed by atoms with van der Waals surface area (Å²) >= 11 is 3.31. The summed E-state index contributed by atoms with van der Waals surface area (Å²) in [6.07, 6.45) is -0.758. The molecule has 0 saturated heterocycles. The Balaban J connectivity index is 1.94. The number of hydrogen-bond acceptors (Lipinski definition) is 3. The fourth-order valence-corrected chi connectivity index (χ4v) is 2.16. The molecule has 0 spiro atoms. The summed E-state index contributed by atoms with van der Waals surface area (Å²) in [5.74, 6) is -0.221. The maximum Gasteiger partial charge on any atom is 0.251 e. The van der Waals surface area contributed by atoms with Crippen LogP contribution in [0, 0.1) is 0 Å². The van der Waals surface area contributed by atoms with Crippen molar-refractivity contribution in [2.24, 2.45) is 0 Å². The predicted octanol–water partition coefficient (Wildman–Crippen LogP) is 2.49. The number of anilines is 1. The second-order valence-corrected chi connectivity index (χ2v) is 5.32. The highest BCUT2D eigenvalue weighted by atomic mass is 79.9. The molecule has 2 aromatic rings. The van der Waals surface area contributed by atoms with E-state index in [1.54, 1.807) is 42.5 Å². The fraction of sp³-hybridized carbons (Fsp3) is 0.133. The third-order valence-electron chi connectivity index (χ3n) is 2.86. The lowest BCUT2D eigenvalue weighted by Crippen LogP contribution is -2.28. The number of aliphatic hydroxyl groups is 1. The first-order chi connectivity index (χ1) is 9.56. The maximum absolute atomic E-state index is 11.9. The summed E-state index contributed by atoms with van der Waals surface area (Å²) in [5.41, 5.74) is 7.48. The molecule has 4 N–H and O–H groups in total. The Hall–Kier alpha value is -1.85. The van der Waals surface area contributed by atoms with Gasteiger partial charge in [-0.25, -0.2) is 0 Å². The maximum atomic E-state index is 11.9. The number of carbonyl (C=O) groups is 1. The van der Waals surface area contributed by atoms with E-state index in [-0.39, 0.29) is 12.5 Å². The van der Waals surface area contributed by atoms with Gasteiger partial charge < -0.3 is 16.2 Å². The van der Waals surface area contributed by atoms with Gasteiger partial charge in [0.15, 0.2) is 0 Å². The SMILES string of the molecule is Nc1ccc(C(O)CNC(=O)c2cccc(Br)c2)cc1. The molecule has 0 saturated carbocycles. The van der Waals surface area contributed by atoms with E-state index in [1.807, 2.05) is 6.07 Å². The zero-order valence-corrected chi connectivity index (χ0v) is 12.3. The Morgan fingerprint density at radius 3 is 2.60 bits per heavy atom. The number of halogens is 1. The molecule has 104 valence electrons. The van der Waals surface area contributed by atoms with E-state index < -0.39 is 6.10 Å². The van der Waals surface area contributed by atoms with Crippen molar-refractivity contribution < 1.29 is 9.90 Å². The lowest BCUT2D eigenvalue weighted by molar-refractivity contribution is 0.0916. The Morgan fingerprint density at radius 1 is 1.25 bits per heavy atom. The monoisotopic (exact) mass is 334 g/mol. The molecule has 2 rings (SSSR count). The van der Waals surface area contributed by atoms with Crippen molar-refractivity contribution in [2.45, 2.75) is 6.10 Å². The molecule has 0 fully saturated rings. The molecule has 4 nitrogen and oxygen atoms in total. The van der Waals surface area contributed by atoms with Gasteiger partial charge in [0.05, 0.1) is 6.10 Å². The summed E-state index contributed by atoms with van der Waals surface area (Å²) in [4.78, 5) is 11.9. The minimum Gasteiger partial charge on any atom is -0.399 e. The van der Waals surface area contributed by atoms with Crippen LogP contribution in [0.15, 0.2) is 53.0 Å². The van der Waals surface area contributed by atoms with Crippen LogP contribution in [0.25, 0.3) is 0 Å². The van der Waals surface area contributed by atoms with Crippen molar-refractivity contribution in [3.8, 4) is 0 Å². The third-order valence-corrected chi connectivity index (χ3v) is 3.36. The Bertz CT molecular complexity index is 599. The Kier molecular flexibility index (Phi) is 4.76. The first kappa shape index (κ1) is 14.6. The molecule has 0 aliphatic heterocycles. The Morgan fingerprint density at radius 2 is 1.95 bits per heavy atom. The van der Waals surface area contributed by atoms with Gasteiger partial charge in [-0.3, -0.25) is 4.79 Å². The quantitative estimate of drug-likeness (QED) is 0.752. The minimum absolute atomic E-state index is 0.148. The number of nitrogens with two attached hydrogens (primary N) is 1. The van der Waals surface area contributed by atoms with Gasteiger partial charge in [-0.2, -0.15) is 0 Å². The summed E-state index contributed by atoms with van der Waals surface area (Å²) in [7, 11) is 0. The number of hydrogen-bond donors (Lipinski definition) is 3. The van der Waals surface area contributed by atoms with Crippen LogP contribution in [-0.2, 0) is 0 Å². The van der Waals surface area contributed by atoms with E-state index in [4.69, 9.17) is 5.73 Å². The van der Waals surface area contributed by atoms with Gasteiger partial charge in [0.1, 0.15) is 0 Å². The topological polar surface area (TPSA) is 75.3 Å². The summed E-state index contributed by atoms with van der Waals surface area (Å²) in [6, 6.07) is 14.0. The van der Waals surface area contributed by atoms with Gasteiger partial charge in [-0.1, -0.05) is 34.1 Å². The Labute approximate surface area is 125 Å². The molecule has 0 aromatic heterocycles. The first-order valence-electron chi connectivity index (χ1n) is 6.13. The molecule has 1 unspecified atom stereocenters. The standard InChI is InChI=1S/C15H15BrN2O2/c16-12-3-1-2-11(8-12)15(20)18-9-14(19)10-4-6-13(17)7-5-10/h1-8,14,19H,9,17H2,(H,18,20). The van der Waals surface area contributed by atoms with E-state index in [0.717, 1.165) is 4.47 Å². The molecule has 0 heterocycles. The van der Waals surface area contributed by atoms with Crippen LogP contribution in [-0.4, -0.2) is 17.6 Å². The van der Waals surface area contributed by atoms with Crippen LogP contribution in [0.5, 0.6) is 0 Å². The highest BCUT2D eigenvalue weighted by Crippen LogP contribution is 2.15. The third kappa shape index (κ3) is 3.82. The van der Waals surface area contributed by atoms with E-state index in [2.05, 4.69) is 21.2 Å². The zero-order chi connectivity index (χ0) is 14.5. The van der Waals surface area contributed by atoms with Gasteiger partial charge in [0.2, 0.25) is 0 Å². The number of nitrogens with one attached hydrogen (secondary N) is 1. The van der Waals surface area contributed by atoms with Crippen molar-refractivity contribution in [1.29, 1.82) is 0 Å². The number of aliphatic hydroxyl groups excluding tert-OH is 1. The normalized spacial score (nSPS) is 11.9. The summed E-state index contributed by atoms with van der Waals surface area (Å²) in [5, 5.41) is 12.7. The van der Waals surface area contributed by atoms with Crippen LogP contribution in [0.4, 0.5) is 5.69 Å².